The number of rotatable bonds is 5. The lowest BCUT2D eigenvalue weighted by Crippen LogP contribution is -2.31. The number of urea groups is 1. The van der Waals surface area contributed by atoms with Crippen LogP contribution in [-0.2, 0) is 0 Å². The van der Waals surface area contributed by atoms with Gasteiger partial charge in [-0.2, -0.15) is 0 Å². The van der Waals surface area contributed by atoms with Gasteiger partial charge in [-0.3, -0.25) is 0 Å². The number of halogens is 2. The van der Waals surface area contributed by atoms with Gasteiger partial charge in [0.15, 0.2) is 17.4 Å². The van der Waals surface area contributed by atoms with Gasteiger partial charge in [0.05, 0.1) is 18.9 Å². The summed E-state index contributed by atoms with van der Waals surface area (Å²) in [5, 5.41) is 13.6. The maximum absolute atomic E-state index is 13.5. The Morgan fingerprint density at radius 2 is 2.11 bits per heavy atom. The van der Waals surface area contributed by atoms with E-state index in [9.17, 15) is 13.6 Å². The first-order chi connectivity index (χ1) is 8.93. The van der Waals surface area contributed by atoms with Crippen molar-refractivity contribution in [1.82, 2.24) is 5.32 Å². The maximum Gasteiger partial charge on any atom is 0.319 e. The first kappa shape index (κ1) is 15.2. The summed E-state index contributed by atoms with van der Waals surface area (Å²) in [6, 6.07) is 1.01. The molecule has 0 aromatic heterocycles. The molecule has 3 N–H and O–H groups in total. The molecule has 5 nitrogen and oxygen atoms in total. The lowest BCUT2D eigenvalue weighted by molar-refractivity contribution is 0.184. The van der Waals surface area contributed by atoms with Gasteiger partial charge in [-0.1, -0.05) is 0 Å². The number of carbonyl (C=O) groups is 1. The van der Waals surface area contributed by atoms with E-state index in [4.69, 9.17) is 5.11 Å². The molecule has 1 aromatic rings. The molecule has 1 aromatic carbocycles. The largest absolute Gasteiger partial charge is 0.494 e. The van der Waals surface area contributed by atoms with Gasteiger partial charge in [0.2, 0.25) is 0 Å². The van der Waals surface area contributed by atoms with Gasteiger partial charge in [-0.25, -0.2) is 13.6 Å². The van der Waals surface area contributed by atoms with Crippen LogP contribution in [0.15, 0.2) is 12.1 Å². The van der Waals surface area contributed by atoms with Gasteiger partial charge in [-0.15, -0.1) is 0 Å². The Bertz CT molecular complexity index is 453. The molecular weight excluding hydrogens is 258 g/mol. The summed E-state index contributed by atoms with van der Waals surface area (Å²) in [6.45, 7) is 1.81. The summed E-state index contributed by atoms with van der Waals surface area (Å²) in [5.41, 5.74) is -0.284. The number of aliphatic hydroxyl groups is 1. The molecule has 0 aliphatic carbocycles. The Morgan fingerprint density at radius 1 is 1.42 bits per heavy atom. The second-order valence-corrected chi connectivity index (χ2v) is 3.99. The standard InChI is InChI=1S/C12H16F2N2O3/c1-7(17)3-4-15-12(18)16-10-5-9(14)11(19-2)6-8(10)13/h5-7,17H,3-4H2,1-2H3,(H2,15,16,18). The maximum atomic E-state index is 13.5. The highest BCUT2D eigenvalue weighted by Crippen LogP contribution is 2.24. The summed E-state index contributed by atoms with van der Waals surface area (Å²) in [5.74, 6) is -1.82. The normalized spacial score (nSPS) is 11.8. The number of benzene rings is 1. The van der Waals surface area contributed by atoms with Crippen molar-refractivity contribution in [1.29, 1.82) is 0 Å². The van der Waals surface area contributed by atoms with Crippen molar-refractivity contribution in [3.63, 3.8) is 0 Å². The van der Waals surface area contributed by atoms with E-state index >= 15 is 0 Å². The van der Waals surface area contributed by atoms with Gasteiger partial charge in [0.25, 0.3) is 0 Å². The van der Waals surface area contributed by atoms with Gasteiger partial charge in [0, 0.05) is 18.7 Å². The summed E-state index contributed by atoms with van der Waals surface area (Å²) >= 11 is 0. The number of hydrogen-bond acceptors (Lipinski definition) is 3. The zero-order valence-electron chi connectivity index (χ0n) is 10.7. The average Bonchev–Trinajstić information content (AvgIpc) is 2.32. The van der Waals surface area contributed by atoms with E-state index in [1.54, 1.807) is 6.92 Å². The number of hydrogen-bond donors (Lipinski definition) is 3. The van der Waals surface area contributed by atoms with Crippen LogP contribution in [0.25, 0.3) is 0 Å². The Labute approximate surface area is 109 Å². The average molecular weight is 274 g/mol. The van der Waals surface area contributed by atoms with Crippen LogP contribution in [-0.4, -0.2) is 30.9 Å². The molecule has 19 heavy (non-hydrogen) atoms. The van der Waals surface area contributed by atoms with Crippen LogP contribution in [0.1, 0.15) is 13.3 Å². The molecule has 0 radical (unpaired) electrons. The zero-order chi connectivity index (χ0) is 14.4. The van der Waals surface area contributed by atoms with E-state index in [1.165, 1.54) is 7.11 Å². The van der Waals surface area contributed by atoms with E-state index in [2.05, 4.69) is 15.4 Å². The summed E-state index contributed by atoms with van der Waals surface area (Å²) in [6.07, 6.45) is -0.178. The molecule has 0 spiro atoms. The molecule has 0 saturated carbocycles. The van der Waals surface area contributed by atoms with Crippen molar-refractivity contribution in [2.24, 2.45) is 0 Å². The fourth-order valence-electron chi connectivity index (χ4n) is 1.34. The van der Waals surface area contributed by atoms with Gasteiger partial charge in [-0.05, 0) is 13.3 Å². The minimum Gasteiger partial charge on any atom is -0.494 e. The highest BCUT2D eigenvalue weighted by Gasteiger charge is 2.12. The lowest BCUT2D eigenvalue weighted by Gasteiger charge is -2.10. The smallest absolute Gasteiger partial charge is 0.319 e. The van der Waals surface area contributed by atoms with Crippen molar-refractivity contribution in [3.8, 4) is 5.75 Å². The molecule has 7 heteroatoms. The SMILES string of the molecule is COc1cc(F)c(NC(=O)NCCC(C)O)cc1F. The van der Waals surface area contributed by atoms with Gasteiger partial charge < -0.3 is 20.5 Å². The monoisotopic (exact) mass is 274 g/mol. The first-order valence-corrected chi connectivity index (χ1v) is 5.70. The van der Waals surface area contributed by atoms with E-state index in [1.807, 2.05) is 0 Å². The Morgan fingerprint density at radius 3 is 2.68 bits per heavy atom. The second kappa shape index (κ2) is 6.89. The molecule has 0 bridgehead atoms. The predicted octanol–water partition coefficient (Wildman–Crippen LogP) is 1.87. The van der Waals surface area contributed by atoms with Crippen LogP contribution in [0.3, 0.4) is 0 Å². The molecule has 0 aliphatic rings. The Hall–Kier alpha value is -1.89. The van der Waals surface area contributed by atoms with Crippen LogP contribution in [0.5, 0.6) is 5.75 Å². The first-order valence-electron chi connectivity index (χ1n) is 5.70. The van der Waals surface area contributed by atoms with Gasteiger partial charge in [0.1, 0.15) is 0 Å². The van der Waals surface area contributed by atoms with Crippen LogP contribution < -0.4 is 15.4 Å². The highest BCUT2D eigenvalue weighted by molar-refractivity contribution is 5.89. The van der Waals surface area contributed by atoms with Crippen molar-refractivity contribution < 1.29 is 23.4 Å². The van der Waals surface area contributed by atoms with E-state index in [-0.39, 0.29) is 18.0 Å². The zero-order valence-corrected chi connectivity index (χ0v) is 10.7. The van der Waals surface area contributed by atoms with Gasteiger partial charge >= 0.3 is 6.03 Å². The number of amides is 2. The molecule has 1 unspecified atom stereocenters. The Kier molecular flexibility index (Phi) is 5.50. The molecular formula is C12H16F2N2O3. The molecule has 1 atom stereocenters. The number of carbonyl (C=O) groups excluding carboxylic acids is 1. The van der Waals surface area contributed by atoms with Crippen molar-refractivity contribution in [3.05, 3.63) is 23.8 Å². The van der Waals surface area contributed by atoms with Crippen molar-refractivity contribution in [2.45, 2.75) is 19.4 Å². The van der Waals surface area contributed by atoms with Crippen molar-refractivity contribution >= 4 is 11.7 Å². The van der Waals surface area contributed by atoms with Crippen LogP contribution in [0, 0.1) is 11.6 Å². The minimum atomic E-state index is -0.802. The quantitative estimate of drug-likeness (QED) is 0.767. The van der Waals surface area contributed by atoms with Crippen LogP contribution >= 0.6 is 0 Å². The third-order valence-electron chi connectivity index (χ3n) is 2.34. The fraction of sp³-hybridized carbons (Fsp3) is 0.417. The highest BCUT2D eigenvalue weighted by atomic mass is 19.1. The molecule has 0 fully saturated rings. The van der Waals surface area contributed by atoms with Crippen LogP contribution in [0.2, 0.25) is 0 Å². The fourth-order valence-corrected chi connectivity index (χ4v) is 1.34. The summed E-state index contributed by atoms with van der Waals surface area (Å²) in [7, 11) is 1.22. The summed E-state index contributed by atoms with van der Waals surface area (Å²) < 4.78 is 31.4. The molecule has 0 saturated heterocycles. The summed E-state index contributed by atoms with van der Waals surface area (Å²) in [4.78, 5) is 11.4. The molecule has 0 aliphatic heterocycles. The molecule has 106 valence electrons. The number of nitrogens with one attached hydrogen (secondary N) is 2. The van der Waals surface area contributed by atoms with E-state index in [0.717, 1.165) is 12.1 Å². The van der Waals surface area contributed by atoms with E-state index < -0.39 is 23.8 Å². The second-order valence-electron chi connectivity index (χ2n) is 3.99. The molecule has 0 heterocycles. The predicted molar refractivity (Wildman–Crippen MR) is 66.2 cm³/mol. The third kappa shape index (κ3) is 4.70. The van der Waals surface area contributed by atoms with Crippen molar-refractivity contribution in [2.75, 3.05) is 19.0 Å². The lowest BCUT2D eigenvalue weighted by atomic mass is 10.2. The minimum absolute atomic E-state index is 0.226. The van der Waals surface area contributed by atoms with Crippen LogP contribution in [0.4, 0.5) is 19.3 Å². The number of methoxy groups -OCH3 is 1. The molecule has 1 rings (SSSR count). The molecule has 2 amide bonds. The number of ether oxygens (including phenoxy) is 1. The van der Waals surface area contributed by atoms with E-state index in [0.29, 0.717) is 6.42 Å². The number of aliphatic hydroxyl groups excluding tert-OH is 1. The Balaban J connectivity index is 2.62. The number of anilines is 1. The topological polar surface area (TPSA) is 70.6 Å². The third-order valence-corrected chi connectivity index (χ3v) is 2.34.